The number of phenolic OH excluding ortho intramolecular Hbond substituents is 1. The Balaban J connectivity index is 1.82. The molecule has 1 N–H and O–H groups in total. The number of phenols is 1. The van der Waals surface area contributed by atoms with Gasteiger partial charge in [-0.25, -0.2) is 0 Å². The minimum absolute atomic E-state index is 0.0951. The van der Waals surface area contributed by atoms with Crippen molar-refractivity contribution in [3.63, 3.8) is 0 Å². The molecular weight excluding hydrogens is 304 g/mol. The number of anilines is 1. The zero-order valence-corrected chi connectivity index (χ0v) is 14.5. The third kappa shape index (κ3) is 4.87. The third-order valence-corrected chi connectivity index (χ3v) is 4.40. The normalized spacial score (nSPS) is 16.5. The standard InChI is InChI=1S/C18H26N4O2/c1-3-21(13-15(2)12-19)18(24)14-20-8-10-22(11-9-20)16-4-6-17(23)7-5-16/h4-7,15,23H,3,8-11,13-14H2,1-2H3. The first-order valence-corrected chi connectivity index (χ1v) is 8.47. The van der Waals surface area contributed by atoms with Crippen molar-refractivity contribution in [3.8, 4) is 11.8 Å². The number of aromatic hydroxyl groups is 1. The maximum absolute atomic E-state index is 12.4. The largest absolute Gasteiger partial charge is 0.508 e. The summed E-state index contributed by atoms with van der Waals surface area (Å²) in [5.41, 5.74) is 1.09. The van der Waals surface area contributed by atoms with Crippen LogP contribution in [0.25, 0.3) is 0 Å². The van der Waals surface area contributed by atoms with E-state index in [9.17, 15) is 9.90 Å². The van der Waals surface area contributed by atoms with Gasteiger partial charge in [0.1, 0.15) is 5.75 Å². The fourth-order valence-corrected chi connectivity index (χ4v) is 2.90. The number of likely N-dealkylation sites (N-methyl/N-ethyl adjacent to an activating group) is 1. The average Bonchev–Trinajstić information content (AvgIpc) is 2.60. The average molecular weight is 330 g/mol. The molecule has 2 rings (SSSR count). The van der Waals surface area contributed by atoms with E-state index in [0.29, 0.717) is 19.6 Å². The fourth-order valence-electron chi connectivity index (χ4n) is 2.90. The van der Waals surface area contributed by atoms with Crippen LogP contribution < -0.4 is 4.90 Å². The zero-order chi connectivity index (χ0) is 17.5. The number of hydrogen-bond acceptors (Lipinski definition) is 5. The highest BCUT2D eigenvalue weighted by molar-refractivity contribution is 5.78. The smallest absolute Gasteiger partial charge is 0.236 e. The summed E-state index contributed by atoms with van der Waals surface area (Å²) in [6.45, 7) is 8.72. The number of nitrogens with zero attached hydrogens (tertiary/aromatic N) is 4. The Kier molecular flexibility index (Phi) is 6.44. The molecule has 1 atom stereocenters. The molecule has 1 unspecified atom stereocenters. The van der Waals surface area contributed by atoms with E-state index >= 15 is 0 Å². The van der Waals surface area contributed by atoms with Crippen LogP contribution in [-0.4, -0.2) is 66.6 Å². The fraction of sp³-hybridized carbons (Fsp3) is 0.556. The topological polar surface area (TPSA) is 70.8 Å². The summed E-state index contributed by atoms with van der Waals surface area (Å²) in [6, 6.07) is 9.40. The minimum atomic E-state index is -0.139. The lowest BCUT2D eigenvalue weighted by atomic mass is 10.2. The molecule has 1 aliphatic heterocycles. The molecule has 0 aliphatic carbocycles. The summed E-state index contributed by atoms with van der Waals surface area (Å²) < 4.78 is 0. The lowest BCUT2D eigenvalue weighted by Gasteiger charge is -2.36. The Morgan fingerprint density at radius 1 is 1.29 bits per heavy atom. The Morgan fingerprint density at radius 3 is 2.46 bits per heavy atom. The van der Waals surface area contributed by atoms with Gasteiger partial charge in [0, 0.05) is 45.0 Å². The van der Waals surface area contributed by atoms with Crippen molar-refractivity contribution in [3.05, 3.63) is 24.3 Å². The molecule has 1 fully saturated rings. The maximum atomic E-state index is 12.4. The molecule has 1 aromatic rings. The summed E-state index contributed by atoms with van der Waals surface area (Å²) in [5.74, 6) is 0.229. The number of piperazine rings is 1. The molecule has 1 aromatic carbocycles. The van der Waals surface area contributed by atoms with E-state index in [0.717, 1.165) is 31.9 Å². The van der Waals surface area contributed by atoms with Crippen LogP contribution in [-0.2, 0) is 4.79 Å². The molecule has 6 heteroatoms. The van der Waals surface area contributed by atoms with E-state index in [1.54, 1.807) is 17.0 Å². The lowest BCUT2D eigenvalue weighted by molar-refractivity contribution is -0.132. The first-order chi connectivity index (χ1) is 11.5. The van der Waals surface area contributed by atoms with Crippen LogP contribution >= 0.6 is 0 Å². The summed E-state index contributed by atoms with van der Waals surface area (Å²) in [6.07, 6.45) is 0. The first-order valence-electron chi connectivity index (χ1n) is 8.47. The van der Waals surface area contributed by atoms with Crippen molar-refractivity contribution >= 4 is 11.6 Å². The van der Waals surface area contributed by atoms with Gasteiger partial charge in [-0.3, -0.25) is 9.69 Å². The van der Waals surface area contributed by atoms with Crippen LogP contribution in [0.2, 0.25) is 0 Å². The van der Waals surface area contributed by atoms with Gasteiger partial charge in [-0.05, 0) is 38.1 Å². The quantitative estimate of drug-likeness (QED) is 0.856. The number of amides is 1. The molecule has 1 saturated heterocycles. The summed E-state index contributed by atoms with van der Waals surface area (Å²) in [4.78, 5) is 18.6. The molecule has 0 aromatic heterocycles. The molecule has 1 amide bonds. The molecule has 0 saturated carbocycles. The van der Waals surface area contributed by atoms with Gasteiger partial charge in [-0.1, -0.05) is 0 Å². The van der Waals surface area contributed by atoms with Gasteiger partial charge in [0.2, 0.25) is 5.91 Å². The van der Waals surface area contributed by atoms with Crippen molar-refractivity contribution in [2.45, 2.75) is 13.8 Å². The number of benzene rings is 1. The van der Waals surface area contributed by atoms with Crippen molar-refractivity contribution in [1.29, 1.82) is 5.26 Å². The Bertz CT molecular complexity index is 574. The van der Waals surface area contributed by atoms with E-state index in [1.165, 1.54) is 0 Å². The van der Waals surface area contributed by atoms with Gasteiger partial charge < -0.3 is 14.9 Å². The van der Waals surface area contributed by atoms with Crippen LogP contribution in [0, 0.1) is 17.2 Å². The van der Waals surface area contributed by atoms with Crippen LogP contribution in [0.1, 0.15) is 13.8 Å². The molecule has 0 bridgehead atoms. The van der Waals surface area contributed by atoms with Gasteiger partial charge in [0.15, 0.2) is 0 Å². The summed E-state index contributed by atoms with van der Waals surface area (Å²) >= 11 is 0. The second kappa shape index (κ2) is 8.55. The zero-order valence-electron chi connectivity index (χ0n) is 14.5. The molecular formula is C18H26N4O2. The second-order valence-corrected chi connectivity index (χ2v) is 6.24. The van der Waals surface area contributed by atoms with E-state index in [2.05, 4.69) is 15.9 Å². The lowest BCUT2D eigenvalue weighted by Crippen LogP contribution is -2.50. The highest BCUT2D eigenvalue weighted by Gasteiger charge is 2.22. The second-order valence-electron chi connectivity index (χ2n) is 6.24. The van der Waals surface area contributed by atoms with Crippen LogP contribution in [0.5, 0.6) is 5.75 Å². The Labute approximate surface area is 143 Å². The number of rotatable bonds is 6. The van der Waals surface area contributed by atoms with Gasteiger partial charge >= 0.3 is 0 Å². The first kappa shape index (κ1) is 18.1. The van der Waals surface area contributed by atoms with Crippen LogP contribution in [0.4, 0.5) is 5.69 Å². The molecule has 130 valence electrons. The number of carbonyl (C=O) groups excluding carboxylic acids is 1. The van der Waals surface area contributed by atoms with Crippen molar-refractivity contribution in [2.75, 3.05) is 50.7 Å². The van der Waals surface area contributed by atoms with Gasteiger partial charge in [-0.15, -0.1) is 0 Å². The third-order valence-electron chi connectivity index (χ3n) is 4.40. The van der Waals surface area contributed by atoms with Gasteiger partial charge in [-0.2, -0.15) is 5.26 Å². The summed E-state index contributed by atoms with van der Waals surface area (Å²) in [7, 11) is 0. The molecule has 1 heterocycles. The van der Waals surface area contributed by atoms with E-state index in [4.69, 9.17) is 5.26 Å². The highest BCUT2D eigenvalue weighted by Crippen LogP contribution is 2.19. The molecule has 24 heavy (non-hydrogen) atoms. The van der Waals surface area contributed by atoms with E-state index in [1.807, 2.05) is 26.0 Å². The number of hydrogen-bond donors (Lipinski definition) is 1. The Hall–Kier alpha value is -2.26. The van der Waals surface area contributed by atoms with Crippen molar-refractivity contribution < 1.29 is 9.90 Å². The Morgan fingerprint density at radius 2 is 1.92 bits per heavy atom. The maximum Gasteiger partial charge on any atom is 0.236 e. The minimum Gasteiger partial charge on any atom is -0.508 e. The van der Waals surface area contributed by atoms with Gasteiger partial charge in [0.05, 0.1) is 18.5 Å². The van der Waals surface area contributed by atoms with Crippen LogP contribution in [0.3, 0.4) is 0 Å². The van der Waals surface area contributed by atoms with Crippen LogP contribution in [0.15, 0.2) is 24.3 Å². The predicted octanol–water partition coefficient (Wildman–Crippen LogP) is 1.52. The highest BCUT2D eigenvalue weighted by atomic mass is 16.3. The predicted molar refractivity (Wildman–Crippen MR) is 93.8 cm³/mol. The number of carbonyl (C=O) groups is 1. The SMILES string of the molecule is CCN(CC(C)C#N)C(=O)CN1CCN(c2ccc(O)cc2)CC1. The van der Waals surface area contributed by atoms with Gasteiger partial charge in [0.25, 0.3) is 0 Å². The van der Waals surface area contributed by atoms with E-state index < -0.39 is 0 Å². The van der Waals surface area contributed by atoms with Crippen molar-refractivity contribution in [1.82, 2.24) is 9.80 Å². The van der Waals surface area contributed by atoms with Crippen molar-refractivity contribution in [2.24, 2.45) is 5.92 Å². The molecule has 6 nitrogen and oxygen atoms in total. The molecule has 0 spiro atoms. The number of nitriles is 1. The van der Waals surface area contributed by atoms with E-state index in [-0.39, 0.29) is 17.6 Å². The molecule has 0 radical (unpaired) electrons. The molecule has 1 aliphatic rings. The summed E-state index contributed by atoms with van der Waals surface area (Å²) in [5, 5.41) is 18.3. The monoisotopic (exact) mass is 330 g/mol.